The minimum atomic E-state index is -4.39. The van der Waals surface area contributed by atoms with Crippen molar-refractivity contribution in [2.45, 2.75) is 25.1 Å². The molecular weight excluding hydrogens is 273 g/mol. The molecule has 0 saturated heterocycles. The summed E-state index contributed by atoms with van der Waals surface area (Å²) in [7, 11) is 0. The zero-order chi connectivity index (χ0) is 14.8. The van der Waals surface area contributed by atoms with Crippen molar-refractivity contribution in [1.82, 2.24) is 4.90 Å². The van der Waals surface area contributed by atoms with Crippen molar-refractivity contribution in [3.8, 4) is 5.75 Å². The number of benzene rings is 1. The van der Waals surface area contributed by atoms with Crippen LogP contribution in [0.3, 0.4) is 0 Å². The molecular formula is C13H15F3N2O2. The van der Waals surface area contributed by atoms with Gasteiger partial charge in [-0.3, -0.25) is 4.79 Å². The Hall–Kier alpha value is -1.92. The molecule has 1 aromatic carbocycles. The predicted octanol–water partition coefficient (Wildman–Crippen LogP) is 2.20. The van der Waals surface area contributed by atoms with Crippen molar-refractivity contribution in [2.75, 3.05) is 18.9 Å². The van der Waals surface area contributed by atoms with Crippen LogP contribution in [-0.2, 0) is 4.79 Å². The Morgan fingerprint density at radius 1 is 1.40 bits per heavy atom. The smallest absolute Gasteiger partial charge is 0.406 e. The standard InChI is InChI=1S/C13H15F3N2O2/c14-13(15,16)8-18(10-4-5-10)12(19)7-20-11-3-1-2-9(17)6-11/h1-3,6,10H,4-5,7-8,17H2. The molecule has 1 aromatic rings. The molecule has 0 aliphatic heterocycles. The first kappa shape index (κ1) is 14.5. The second-order valence-electron chi connectivity index (χ2n) is 4.73. The van der Waals surface area contributed by atoms with E-state index in [0.29, 0.717) is 24.3 Å². The summed E-state index contributed by atoms with van der Waals surface area (Å²) < 4.78 is 42.4. The normalized spacial score (nSPS) is 14.9. The molecule has 1 saturated carbocycles. The minimum absolute atomic E-state index is 0.312. The third kappa shape index (κ3) is 4.32. The SMILES string of the molecule is Nc1cccc(OCC(=O)N(CC(F)(F)F)C2CC2)c1. The highest BCUT2D eigenvalue weighted by atomic mass is 19.4. The molecule has 0 spiro atoms. The highest BCUT2D eigenvalue weighted by molar-refractivity contribution is 5.78. The molecule has 0 radical (unpaired) electrons. The summed E-state index contributed by atoms with van der Waals surface area (Å²) in [6, 6.07) is 6.08. The summed E-state index contributed by atoms with van der Waals surface area (Å²) >= 11 is 0. The van der Waals surface area contributed by atoms with E-state index in [9.17, 15) is 18.0 Å². The Morgan fingerprint density at radius 2 is 2.10 bits per heavy atom. The maximum atomic E-state index is 12.4. The van der Waals surface area contributed by atoms with Crippen LogP contribution >= 0.6 is 0 Å². The van der Waals surface area contributed by atoms with Crippen molar-refractivity contribution in [1.29, 1.82) is 0 Å². The number of amides is 1. The third-order valence-electron chi connectivity index (χ3n) is 2.88. The second-order valence-corrected chi connectivity index (χ2v) is 4.73. The zero-order valence-corrected chi connectivity index (χ0v) is 10.7. The maximum absolute atomic E-state index is 12.4. The molecule has 7 heteroatoms. The average molecular weight is 288 g/mol. The Balaban J connectivity index is 1.92. The van der Waals surface area contributed by atoms with Crippen molar-refractivity contribution in [2.24, 2.45) is 0 Å². The van der Waals surface area contributed by atoms with E-state index in [1.54, 1.807) is 18.2 Å². The number of carbonyl (C=O) groups excluding carboxylic acids is 1. The van der Waals surface area contributed by atoms with Gasteiger partial charge in [-0.05, 0) is 25.0 Å². The second kappa shape index (κ2) is 5.60. The number of hydrogen-bond donors (Lipinski definition) is 1. The summed E-state index contributed by atoms with van der Waals surface area (Å²) in [6.45, 7) is -1.65. The molecule has 4 nitrogen and oxygen atoms in total. The highest BCUT2D eigenvalue weighted by Crippen LogP contribution is 2.30. The minimum Gasteiger partial charge on any atom is -0.484 e. The number of ether oxygens (including phenoxy) is 1. The van der Waals surface area contributed by atoms with Gasteiger partial charge in [0.1, 0.15) is 12.3 Å². The number of carbonyl (C=O) groups is 1. The molecule has 0 heterocycles. The Kier molecular flexibility index (Phi) is 4.06. The van der Waals surface area contributed by atoms with E-state index in [2.05, 4.69) is 0 Å². The highest BCUT2D eigenvalue weighted by Gasteiger charge is 2.40. The van der Waals surface area contributed by atoms with Crippen molar-refractivity contribution >= 4 is 11.6 Å². The van der Waals surface area contributed by atoms with E-state index in [1.807, 2.05) is 0 Å². The van der Waals surface area contributed by atoms with Gasteiger partial charge in [-0.15, -0.1) is 0 Å². The van der Waals surface area contributed by atoms with Gasteiger partial charge in [0.15, 0.2) is 6.61 Å². The van der Waals surface area contributed by atoms with Gasteiger partial charge in [-0.2, -0.15) is 13.2 Å². The lowest BCUT2D eigenvalue weighted by Gasteiger charge is -2.23. The van der Waals surface area contributed by atoms with E-state index in [-0.39, 0.29) is 6.04 Å². The van der Waals surface area contributed by atoms with Gasteiger partial charge in [0.05, 0.1) is 0 Å². The number of rotatable bonds is 5. The number of halogens is 3. The largest absolute Gasteiger partial charge is 0.484 e. The number of nitrogen functional groups attached to an aromatic ring is 1. The van der Waals surface area contributed by atoms with Gasteiger partial charge >= 0.3 is 6.18 Å². The molecule has 0 atom stereocenters. The molecule has 1 amide bonds. The quantitative estimate of drug-likeness (QED) is 0.845. The summed E-state index contributed by atoms with van der Waals surface area (Å²) in [6.07, 6.45) is -3.17. The van der Waals surface area contributed by atoms with Crippen molar-refractivity contribution in [3.05, 3.63) is 24.3 Å². The van der Waals surface area contributed by atoms with Crippen molar-refractivity contribution < 1.29 is 22.7 Å². The molecule has 110 valence electrons. The molecule has 0 unspecified atom stereocenters. The first-order valence-corrected chi connectivity index (χ1v) is 6.20. The van der Waals surface area contributed by atoms with Gasteiger partial charge in [0.2, 0.25) is 0 Å². The number of nitrogens with two attached hydrogens (primary N) is 1. The molecule has 20 heavy (non-hydrogen) atoms. The van der Waals surface area contributed by atoms with Crippen LogP contribution < -0.4 is 10.5 Å². The summed E-state index contributed by atoms with van der Waals surface area (Å²) in [5, 5.41) is 0. The number of alkyl halides is 3. The van der Waals surface area contributed by atoms with E-state index in [0.717, 1.165) is 4.90 Å². The van der Waals surface area contributed by atoms with Gasteiger partial charge in [0.25, 0.3) is 5.91 Å². The van der Waals surface area contributed by atoms with Crippen LogP contribution in [0.4, 0.5) is 18.9 Å². The van der Waals surface area contributed by atoms with Crippen LogP contribution in [0, 0.1) is 0 Å². The summed E-state index contributed by atoms with van der Waals surface area (Å²) in [5.41, 5.74) is 6.00. The molecule has 2 rings (SSSR count). The Morgan fingerprint density at radius 3 is 2.65 bits per heavy atom. The number of nitrogens with zero attached hydrogens (tertiary/aromatic N) is 1. The van der Waals surface area contributed by atoms with Crippen LogP contribution in [0.25, 0.3) is 0 Å². The van der Waals surface area contributed by atoms with E-state index < -0.39 is 25.2 Å². The fourth-order valence-electron chi connectivity index (χ4n) is 1.83. The lowest BCUT2D eigenvalue weighted by molar-refractivity contribution is -0.163. The molecule has 1 aliphatic carbocycles. The molecule has 2 N–H and O–H groups in total. The number of anilines is 1. The molecule has 0 bridgehead atoms. The van der Waals surface area contributed by atoms with E-state index in [4.69, 9.17) is 10.5 Å². The lowest BCUT2D eigenvalue weighted by Crippen LogP contribution is -2.42. The van der Waals surface area contributed by atoms with E-state index in [1.165, 1.54) is 6.07 Å². The fraction of sp³-hybridized carbons (Fsp3) is 0.462. The molecule has 1 fully saturated rings. The first-order chi connectivity index (χ1) is 9.35. The van der Waals surface area contributed by atoms with Gasteiger partial charge in [0, 0.05) is 17.8 Å². The monoisotopic (exact) mass is 288 g/mol. The summed E-state index contributed by atoms with van der Waals surface area (Å²) in [5.74, 6) is -0.298. The zero-order valence-electron chi connectivity index (χ0n) is 10.7. The molecule has 0 aromatic heterocycles. The van der Waals surface area contributed by atoms with Gasteiger partial charge < -0.3 is 15.4 Å². The maximum Gasteiger partial charge on any atom is 0.406 e. The van der Waals surface area contributed by atoms with Crippen LogP contribution in [0.5, 0.6) is 5.75 Å². The van der Waals surface area contributed by atoms with E-state index >= 15 is 0 Å². The van der Waals surface area contributed by atoms with Gasteiger partial charge in [-0.25, -0.2) is 0 Å². The lowest BCUT2D eigenvalue weighted by atomic mass is 10.3. The van der Waals surface area contributed by atoms with Crippen LogP contribution in [0.15, 0.2) is 24.3 Å². The molecule has 1 aliphatic rings. The fourth-order valence-corrected chi connectivity index (χ4v) is 1.83. The first-order valence-electron chi connectivity index (χ1n) is 6.20. The average Bonchev–Trinajstić information content (AvgIpc) is 3.16. The van der Waals surface area contributed by atoms with Crippen LogP contribution in [-0.4, -0.2) is 36.2 Å². The Labute approximate surface area is 114 Å². The predicted molar refractivity (Wildman–Crippen MR) is 67.1 cm³/mol. The van der Waals surface area contributed by atoms with Crippen LogP contribution in [0.2, 0.25) is 0 Å². The van der Waals surface area contributed by atoms with Crippen LogP contribution in [0.1, 0.15) is 12.8 Å². The van der Waals surface area contributed by atoms with Crippen molar-refractivity contribution in [3.63, 3.8) is 0 Å². The third-order valence-corrected chi connectivity index (χ3v) is 2.88. The summed E-state index contributed by atoms with van der Waals surface area (Å²) in [4.78, 5) is 12.7. The van der Waals surface area contributed by atoms with Gasteiger partial charge in [-0.1, -0.05) is 6.07 Å². The Bertz CT molecular complexity index is 487. The topological polar surface area (TPSA) is 55.6 Å². The number of hydrogen-bond acceptors (Lipinski definition) is 3.